The number of para-hydroxylation sites is 1. The van der Waals surface area contributed by atoms with Gasteiger partial charge in [-0.2, -0.15) is 0 Å². The molecule has 0 unspecified atom stereocenters. The molecule has 0 aliphatic heterocycles. The molecule has 1 aromatic heterocycles. The quantitative estimate of drug-likeness (QED) is 0.736. The van der Waals surface area contributed by atoms with Crippen molar-refractivity contribution in [2.45, 2.75) is 6.61 Å². The van der Waals surface area contributed by atoms with Gasteiger partial charge in [-0.05, 0) is 36.4 Å². The van der Waals surface area contributed by atoms with Crippen LogP contribution in [0.15, 0.2) is 54.6 Å². The second-order valence-electron chi connectivity index (χ2n) is 4.69. The summed E-state index contributed by atoms with van der Waals surface area (Å²) in [6.07, 6.45) is 0. The number of hydrogen-bond acceptors (Lipinski definition) is 5. The number of nitrogens with one attached hydrogen (secondary N) is 2. The van der Waals surface area contributed by atoms with E-state index in [9.17, 15) is 9.18 Å². The van der Waals surface area contributed by atoms with E-state index < -0.39 is 6.03 Å². The minimum atomic E-state index is -0.400. The van der Waals surface area contributed by atoms with Crippen LogP contribution < -0.4 is 15.4 Å². The predicted molar refractivity (Wildman–Crippen MR) is 89.7 cm³/mol. The zero-order valence-corrected chi connectivity index (χ0v) is 13.2. The normalized spacial score (nSPS) is 10.2. The second-order valence-corrected chi connectivity index (χ2v) is 5.75. The van der Waals surface area contributed by atoms with Crippen molar-refractivity contribution in [3.8, 4) is 5.75 Å². The number of nitrogens with zero attached hydrogens (tertiary/aromatic N) is 2. The Hall–Kier alpha value is -3.00. The van der Waals surface area contributed by atoms with Gasteiger partial charge in [-0.1, -0.05) is 29.5 Å². The van der Waals surface area contributed by atoms with E-state index in [0.717, 1.165) is 0 Å². The van der Waals surface area contributed by atoms with Gasteiger partial charge in [0, 0.05) is 5.69 Å². The maximum Gasteiger partial charge on any atom is 0.325 e. The first kappa shape index (κ1) is 15.9. The second kappa shape index (κ2) is 7.51. The zero-order chi connectivity index (χ0) is 16.8. The lowest BCUT2D eigenvalue weighted by Crippen LogP contribution is -2.19. The van der Waals surface area contributed by atoms with Crippen molar-refractivity contribution in [3.05, 3.63) is 65.4 Å². The SMILES string of the molecule is O=C(Nc1ccccc1)Nc1nnc(COc2ccc(F)cc2)s1. The Bertz CT molecular complexity index is 808. The van der Waals surface area contributed by atoms with Gasteiger partial charge >= 0.3 is 6.03 Å². The molecule has 0 aliphatic carbocycles. The van der Waals surface area contributed by atoms with Gasteiger partial charge in [-0.25, -0.2) is 9.18 Å². The van der Waals surface area contributed by atoms with Crippen LogP contribution in [0, 0.1) is 5.82 Å². The van der Waals surface area contributed by atoms with Crippen LogP contribution in [-0.2, 0) is 6.61 Å². The maximum atomic E-state index is 12.8. The van der Waals surface area contributed by atoms with Crippen molar-refractivity contribution in [1.82, 2.24) is 10.2 Å². The smallest absolute Gasteiger partial charge is 0.325 e. The van der Waals surface area contributed by atoms with Gasteiger partial charge in [0.1, 0.15) is 18.2 Å². The number of rotatable bonds is 5. The van der Waals surface area contributed by atoms with Crippen LogP contribution in [0.3, 0.4) is 0 Å². The fourth-order valence-electron chi connectivity index (χ4n) is 1.82. The number of halogens is 1. The summed E-state index contributed by atoms with van der Waals surface area (Å²) in [6.45, 7) is 0.186. The lowest BCUT2D eigenvalue weighted by molar-refractivity contribution is 0.262. The summed E-state index contributed by atoms with van der Waals surface area (Å²) in [7, 11) is 0. The van der Waals surface area contributed by atoms with Crippen LogP contribution in [0.2, 0.25) is 0 Å². The van der Waals surface area contributed by atoms with Gasteiger partial charge < -0.3 is 10.1 Å². The maximum absolute atomic E-state index is 12.8. The largest absolute Gasteiger partial charge is 0.486 e. The van der Waals surface area contributed by atoms with Crippen molar-refractivity contribution >= 4 is 28.2 Å². The van der Waals surface area contributed by atoms with E-state index in [1.165, 1.54) is 35.6 Å². The van der Waals surface area contributed by atoms with Gasteiger partial charge in [0.15, 0.2) is 5.01 Å². The van der Waals surface area contributed by atoms with E-state index in [1.807, 2.05) is 18.2 Å². The molecule has 122 valence electrons. The molecule has 2 aromatic carbocycles. The summed E-state index contributed by atoms with van der Waals surface area (Å²) >= 11 is 1.20. The van der Waals surface area contributed by atoms with Crippen LogP contribution >= 0.6 is 11.3 Å². The third-order valence-electron chi connectivity index (χ3n) is 2.89. The molecule has 0 bridgehead atoms. The Kier molecular flexibility index (Phi) is 4.97. The Morgan fingerprint density at radius 1 is 1.04 bits per heavy atom. The minimum Gasteiger partial charge on any atom is -0.486 e. The van der Waals surface area contributed by atoms with E-state index in [-0.39, 0.29) is 12.4 Å². The molecule has 0 aliphatic rings. The molecule has 3 rings (SSSR count). The molecule has 0 saturated heterocycles. The molecule has 24 heavy (non-hydrogen) atoms. The number of carbonyl (C=O) groups is 1. The molecule has 0 atom stereocenters. The summed E-state index contributed by atoms with van der Waals surface area (Å²) in [5, 5.41) is 14.1. The van der Waals surface area contributed by atoms with E-state index in [2.05, 4.69) is 20.8 Å². The number of benzene rings is 2. The topological polar surface area (TPSA) is 76.1 Å². The highest BCUT2D eigenvalue weighted by Gasteiger charge is 2.09. The number of hydrogen-bond donors (Lipinski definition) is 2. The molecule has 0 spiro atoms. The molecule has 6 nitrogen and oxygen atoms in total. The lowest BCUT2D eigenvalue weighted by atomic mass is 10.3. The minimum absolute atomic E-state index is 0.186. The molecule has 1 heterocycles. The standard InChI is InChI=1S/C16H13FN4O2S/c17-11-6-8-13(9-7-11)23-10-14-20-21-16(24-14)19-15(22)18-12-4-2-1-3-5-12/h1-9H,10H2,(H2,18,19,21,22). The average Bonchev–Trinajstić information content (AvgIpc) is 3.02. The first-order valence-corrected chi connectivity index (χ1v) is 7.84. The number of amides is 2. The van der Waals surface area contributed by atoms with Gasteiger partial charge in [0.25, 0.3) is 0 Å². The highest BCUT2D eigenvalue weighted by atomic mass is 32.1. The first-order valence-electron chi connectivity index (χ1n) is 7.03. The number of urea groups is 1. The van der Waals surface area contributed by atoms with Gasteiger partial charge in [-0.15, -0.1) is 10.2 Å². The molecular formula is C16H13FN4O2S. The van der Waals surface area contributed by atoms with Crippen molar-refractivity contribution in [1.29, 1.82) is 0 Å². The van der Waals surface area contributed by atoms with Crippen LogP contribution in [0.4, 0.5) is 20.0 Å². The Morgan fingerprint density at radius 3 is 2.54 bits per heavy atom. The fourth-order valence-corrected chi connectivity index (χ4v) is 2.47. The average molecular weight is 344 g/mol. The zero-order valence-electron chi connectivity index (χ0n) is 12.4. The van der Waals surface area contributed by atoms with Gasteiger partial charge in [0.05, 0.1) is 0 Å². The summed E-state index contributed by atoms with van der Waals surface area (Å²) in [4.78, 5) is 11.9. The molecule has 8 heteroatoms. The number of carbonyl (C=O) groups excluding carboxylic acids is 1. The molecule has 0 radical (unpaired) electrons. The fraction of sp³-hybridized carbons (Fsp3) is 0.0625. The van der Waals surface area contributed by atoms with Crippen molar-refractivity contribution in [3.63, 3.8) is 0 Å². The summed E-state index contributed by atoms with van der Waals surface area (Å²) in [6, 6.07) is 14.4. The number of ether oxygens (including phenoxy) is 1. The highest BCUT2D eigenvalue weighted by molar-refractivity contribution is 7.15. The van der Waals surface area contributed by atoms with E-state index >= 15 is 0 Å². The Morgan fingerprint density at radius 2 is 1.79 bits per heavy atom. The van der Waals surface area contributed by atoms with Crippen LogP contribution in [0.1, 0.15) is 5.01 Å². The molecule has 0 saturated carbocycles. The van der Waals surface area contributed by atoms with Gasteiger partial charge in [0.2, 0.25) is 5.13 Å². The molecule has 0 fully saturated rings. The third kappa shape index (κ3) is 4.50. The van der Waals surface area contributed by atoms with Gasteiger partial charge in [-0.3, -0.25) is 5.32 Å². The molecular weight excluding hydrogens is 331 g/mol. The Labute approximate surface area is 141 Å². The van der Waals surface area contributed by atoms with E-state index in [0.29, 0.717) is 21.6 Å². The van der Waals surface area contributed by atoms with Crippen molar-refractivity contribution < 1.29 is 13.9 Å². The third-order valence-corrected chi connectivity index (χ3v) is 3.71. The van der Waals surface area contributed by atoms with Crippen LogP contribution in [0.25, 0.3) is 0 Å². The Balaban J connectivity index is 1.51. The van der Waals surface area contributed by atoms with Crippen LogP contribution in [-0.4, -0.2) is 16.2 Å². The van der Waals surface area contributed by atoms with E-state index in [1.54, 1.807) is 12.1 Å². The van der Waals surface area contributed by atoms with Crippen molar-refractivity contribution in [2.75, 3.05) is 10.6 Å². The molecule has 2 amide bonds. The first-order chi connectivity index (χ1) is 11.7. The molecule has 3 aromatic rings. The van der Waals surface area contributed by atoms with Crippen LogP contribution in [0.5, 0.6) is 5.75 Å². The number of aromatic nitrogens is 2. The van der Waals surface area contributed by atoms with Crippen molar-refractivity contribution in [2.24, 2.45) is 0 Å². The summed E-state index contributed by atoms with van der Waals surface area (Å²) in [5.41, 5.74) is 0.680. The predicted octanol–water partition coefficient (Wildman–Crippen LogP) is 3.90. The lowest BCUT2D eigenvalue weighted by Gasteiger charge is -2.04. The monoisotopic (exact) mass is 344 g/mol. The highest BCUT2D eigenvalue weighted by Crippen LogP contribution is 2.19. The number of anilines is 2. The van der Waals surface area contributed by atoms with E-state index in [4.69, 9.17) is 4.74 Å². The summed E-state index contributed by atoms with van der Waals surface area (Å²) in [5.74, 6) is 0.206. The summed E-state index contributed by atoms with van der Waals surface area (Å²) < 4.78 is 18.3. The molecule has 2 N–H and O–H groups in total.